The molecule has 0 aliphatic carbocycles. The lowest BCUT2D eigenvalue weighted by atomic mass is 10.1. The molecule has 0 saturated carbocycles. The lowest BCUT2D eigenvalue weighted by Crippen LogP contribution is -2.41. The van der Waals surface area contributed by atoms with E-state index in [2.05, 4.69) is 10.6 Å². The number of nitro benzene ring substituents is 1. The van der Waals surface area contributed by atoms with Crippen LogP contribution in [0.3, 0.4) is 0 Å². The number of phenolic OH excluding ortho intramolecular Hbond substituents is 1. The van der Waals surface area contributed by atoms with E-state index in [4.69, 9.17) is 0 Å². The number of rotatable bonds is 5. The monoisotopic (exact) mass is 329 g/mol. The summed E-state index contributed by atoms with van der Waals surface area (Å²) in [6, 6.07) is 11.1. The molecule has 0 unspecified atom stereocenters. The van der Waals surface area contributed by atoms with E-state index in [9.17, 15) is 24.8 Å². The molecule has 24 heavy (non-hydrogen) atoms. The molecule has 2 rings (SSSR count). The lowest BCUT2D eigenvalue weighted by molar-refractivity contribution is -0.385. The number of anilines is 1. The zero-order chi connectivity index (χ0) is 17.7. The Kier molecular flexibility index (Phi) is 5.10. The fraction of sp³-hybridized carbons (Fsp3) is 0.125. The van der Waals surface area contributed by atoms with Gasteiger partial charge in [0, 0.05) is 17.3 Å². The van der Waals surface area contributed by atoms with Crippen molar-refractivity contribution in [3.8, 4) is 5.75 Å². The summed E-state index contributed by atoms with van der Waals surface area (Å²) in [5, 5.41) is 25.3. The number of para-hydroxylation sites is 1. The van der Waals surface area contributed by atoms with E-state index in [1.807, 2.05) is 6.07 Å². The van der Waals surface area contributed by atoms with Crippen LogP contribution in [0.5, 0.6) is 5.75 Å². The normalized spacial score (nSPS) is 11.4. The van der Waals surface area contributed by atoms with Crippen molar-refractivity contribution in [3.63, 3.8) is 0 Å². The van der Waals surface area contributed by atoms with E-state index in [-0.39, 0.29) is 5.56 Å². The van der Waals surface area contributed by atoms with Crippen LogP contribution in [0.2, 0.25) is 0 Å². The molecule has 8 nitrogen and oxygen atoms in total. The van der Waals surface area contributed by atoms with Crippen molar-refractivity contribution >= 4 is 23.2 Å². The highest BCUT2D eigenvalue weighted by molar-refractivity contribution is 6.01. The summed E-state index contributed by atoms with van der Waals surface area (Å²) < 4.78 is 0. The van der Waals surface area contributed by atoms with Gasteiger partial charge in [-0.15, -0.1) is 0 Å². The third kappa shape index (κ3) is 4.07. The Balaban J connectivity index is 2.02. The minimum Gasteiger partial charge on any atom is -0.502 e. The number of nitrogens with one attached hydrogen (secondary N) is 2. The first kappa shape index (κ1) is 16.9. The van der Waals surface area contributed by atoms with E-state index in [1.165, 1.54) is 13.0 Å². The molecule has 0 aliphatic rings. The molecule has 1 atom stereocenters. The number of hydrogen-bond donors (Lipinski definition) is 3. The van der Waals surface area contributed by atoms with Crippen LogP contribution in [0.4, 0.5) is 11.4 Å². The first-order valence-corrected chi connectivity index (χ1v) is 7.02. The van der Waals surface area contributed by atoms with Crippen molar-refractivity contribution in [2.24, 2.45) is 0 Å². The maximum absolute atomic E-state index is 12.1. The van der Waals surface area contributed by atoms with Crippen LogP contribution in [0.15, 0.2) is 48.5 Å². The van der Waals surface area contributed by atoms with Gasteiger partial charge in [-0.25, -0.2) is 0 Å². The van der Waals surface area contributed by atoms with Gasteiger partial charge in [0.2, 0.25) is 5.91 Å². The molecule has 3 N–H and O–H groups in total. The Morgan fingerprint density at radius 3 is 2.42 bits per heavy atom. The Hall–Kier alpha value is -3.42. The quantitative estimate of drug-likeness (QED) is 0.572. The van der Waals surface area contributed by atoms with Crippen molar-refractivity contribution in [1.82, 2.24) is 5.32 Å². The SMILES string of the molecule is C[C@H](NC(=O)c1ccc([N+](=O)[O-])c(O)c1)C(=O)Nc1ccccc1. The van der Waals surface area contributed by atoms with Gasteiger partial charge in [0.05, 0.1) is 4.92 Å². The van der Waals surface area contributed by atoms with Crippen molar-refractivity contribution < 1.29 is 19.6 Å². The Morgan fingerprint density at radius 1 is 1.17 bits per heavy atom. The number of nitrogens with zero attached hydrogens (tertiary/aromatic N) is 1. The minimum atomic E-state index is -0.838. The van der Waals surface area contributed by atoms with Gasteiger partial charge in [0.25, 0.3) is 5.91 Å². The van der Waals surface area contributed by atoms with E-state index in [0.717, 1.165) is 12.1 Å². The lowest BCUT2D eigenvalue weighted by Gasteiger charge is -2.14. The third-order valence-corrected chi connectivity index (χ3v) is 3.22. The first-order valence-electron chi connectivity index (χ1n) is 7.02. The second-order valence-corrected chi connectivity index (χ2v) is 5.01. The molecule has 0 radical (unpaired) electrons. The van der Waals surface area contributed by atoms with Gasteiger partial charge in [-0.1, -0.05) is 18.2 Å². The van der Waals surface area contributed by atoms with Crippen LogP contribution in [-0.4, -0.2) is 27.9 Å². The maximum Gasteiger partial charge on any atom is 0.310 e. The highest BCUT2D eigenvalue weighted by Crippen LogP contribution is 2.26. The number of carbonyl (C=O) groups excluding carboxylic acids is 2. The number of benzene rings is 2. The summed E-state index contributed by atoms with van der Waals surface area (Å²) in [6.07, 6.45) is 0. The predicted molar refractivity (Wildman–Crippen MR) is 86.8 cm³/mol. The Morgan fingerprint density at radius 2 is 1.83 bits per heavy atom. The van der Waals surface area contributed by atoms with Crippen LogP contribution in [0, 0.1) is 10.1 Å². The molecule has 2 aromatic carbocycles. The van der Waals surface area contributed by atoms with Crippen LogP contribution in [-0.2, 0) is 4.79 Å². The second kappa shape index (κ2) is 7.23. The summed E-state index contributed by atoms with van der Waals surface area (Å²) in [5.41, 5.74) is 0.107. The molecule has 0 aliphatic heterocycles. The van der Waals surface area contributed by atoms with Gasteiger partial charge < -0.3 is 15.7 Å². The summed E-state index contributed by atoms with van der Waals surface area (Å²) in [4.78, 5) is 34.0. The average Bonchev–Trinajstić information content (AvgIpc) is 2.55. The van der Waals surface area contributed by atoms with Crippen LogP contribution in [0.25, 0.3) is 0 Å². The maximum atomic E-state index is 12.1. The van der Waals surface area contributed by atoms with Gasteiger partial charge in [-0.2, -0.15) is 0 Å². The third-order valence-electron chi connectivity index (χ3n) is 3.22. The van der Waals surface area contributed by atoms with Gasteiger partial charge in [-0.3, -0.25) is 19.7 Å². The van der Waals surface area contributed by atoms with Gasteiger partial charge in [0.15, 0.2) is 5.75 Å². The van der Waals surface area contributed by atoms with Gasteiger partial charge >= 0.3 is 5.69 Å². The minimum absolute atomic E-state index is 0.0115. The molecular formula is C16H15N3O5. The van der Waals surface area contributed by atoms with Crippen molar-refractivity contribution in [2.45, 2.75) is 13.0 Å². The summed E-state index contributed by atoms with van der Waals surface area (Å²) >= 11 is 0. The van der Waals surface area contributed by atoms with Crippen molar-refractivity contribution in [2.75, 3.05) is 5.32 Å². The van der Waals surface area contributed by atoms with Crippen molar-refractivity contribution in [3.05, 3.63) is 64.2 Å². The smallest absolute Gasteiger partial charge is 0.310 e. The second-order valence-electron chi connectivity index (χ2n) is 5.01. The molecule has 0 aromatic heterocycles. The largest absolute Gasteiger partial charge is 0.502 e. The van der Waals surface area contributed by atoms with Crippen molar-refractivity contribution in [1.29, 1.82) is 0 Å². The zero-order valence-corrected chi connectivity index (χ0v) is 12.7. The summed E-state index contributed by atoms with van der Waals surface area (Å²) in [5.74, 6) is -1.66. The highest BCUT2D eigenvalue weighted by atomic mass is 16.6. The number of hydrogen-bond acceptors (Lipinski definition) is 5. The number of aromatic hydroxyl groups is 1. The molecule has 2 amide bonds. The fourth-order valence-corrected chi connectivity index (χ4v) is 1.94. The summed E-state index contributed by atoms with van der Waals surface area (Å²) in [7, 11) is 0. The molecule has 0 bridgehead atoms. The average molecular weight is 329 g/mol. The van der Waals surface area contributed by atoms with E-state index in [1.54, 1.807) is 24.3 Å². The molecule has 0 saturated heterocycles. The summed E-state index contributed by atoms with van der Waals surface area (Å²) in [6.45, 7) is 1.50. The van der Waals surface area contributed by atoms with Gasteiger partial charge in [-0.05, 0) is 31.2 Å². The highest BCUT2D eigenvalue weighted by Gasteiger charge is 2.19. The van der Waals surface area contributed by atoms with Crippen LogP contribution in [0.1, 0.15) is 17.3 Å². The predicted octanol–water partition coefficient (Wildman–Crippen LogP) is 2.06. The number of amides is 2. The Bertz CT molecular complexity index is 777. The molecular weight excluding hydrogens is 314 g/mol. The molecule has 0 fully saturated rings. The van der Waals surface area contributed by atoms with E-state index in [0.29, 0.717) is 5.69 Å². The zero-order valence-electron chi connectivity index (χ0n) is 12.7. The molecule has 124 valence electrons. The molecule has 0 spiro atoms. The molecule has 2 aromatic rings. The van der Waals surface area contributed by atoms with Crippen LogP contribution < -0.4 is 10.6 Å². The molecule has 0 heterocycles. The standard InChI is InChI=1S/C16H15N3O5/c1-10(15(21)18-12-5-3-2-4-6-12)17-16(22)11-7-8-13(19(23)24)14(20)9-11/h2-10,20H,1H3,(H,17,22)(H,18,21)/t10-/m0/s1. The van der Waals surface area contributed by atoms with Crippen LogP contribution >= 0.6 is 0 Å². The molecule has 8 heteroatoms. The van der Waals surface area contributed by atoms with Gasteiger partial charge in [0.1, 0.15) is 6.04 Å². The number of carbonyl (C=O) groups is 2. The number of phenols is 1. The number of nitro groups is 1. The fourth-order valence-electron chi connectivity index (χ4n) is 1.94. The first-order chi connectivity index (χ1) is 11.4. The van der Waals surface area contributed by atoms with E-state index < -0.39 is 34.2 Å². The Labute approximate surface area is 137 Å². The topological polar surface area (TPSA) is 122 Å². The van der Waals surface area contributed by atoms with E-state index >= 15 is 0 Å².